The number of hydrogen-bond acceptors (Lipinski definition) is 4. The number of allylic oxidation sites excluding steroid dienone is 1. The second-order valence-electron chi connectivity index (χ2n) is 5.65. The fraction of sp³-hybridized carbons (Fsp3) is 0.0526. The number of benzene rings is 2. The van der Waals surface area contributed by atoms with Gasteiger partial charge in [-0.25, -0.2) is 0 Å². The number of halogens is 1. The number of aliphatic imine (C=N–C) groups is 1. The highest BCUT2D eigenvalue weighted by Crippen LogP contribution is 2.37. The van der Waals surface area contributed by atoms with Gasteiger partial charge < -0.3 is 5.11 Å². The maximum absolute atomic E-state index is 10.6. The Morgan fingerprint density at radius 2 is 2.00 bits per heavy atom. The van der Waals surface area contributed by atoms with Crippen LogP contribution in [0.15, 0.2) is 58.0 Å². The van der Waals surface area contributed by atoms with Crippen LogP contribution in [0, 0.1) is 3.95 Å². The summed E-state index contributed by atoms with van der Waals surface area (Å²) in [5, 5.41) is 10.6. The largest absolute Gasteiger partial charge is 0.493 e. The van der Waals surface area contributed by atoms with Crippen LogP contribution in [0.25, 0.3) is 11.6 Å². The van der Waals surface area contributed by atoms with Crippen molar-refractivity contribution in [3.63, 3.8) is 0 Å². The van der Waals surface area contributed by atoms with Crippen molar-refractivity contribution in [2.75, 3.05) is 0 Å². The number of aromatic nitrogens is 1. The van der Waals surface area contributed by atoms with Crippen molar-refractivity contribution in [3.05, 3.63) is 73.0 Å². The Labute approximate surface area is 162 Å². The normalized spacial score (nSPS) is 14.2. The van der Waals surface area contributed by atoms with Gasteiger partial charge in [-0.2, -0.15) is 0 Å². The molecule has 0 spiro atoms. The minimum Gasteiger partial charge on any atom is -0.493 e. The molecule has 3 nitrogen and oxygen atoms in total. The van der Waals surface area contributed by atoms with Gasteiger partial charge in [0.05, 0.1) is 17.1 Å². The zero-order valence-electron chi connectivity index (χ0n) is 13.0. The van der Waals surface area contributed by atoms with Gasteiger partial charge >= 0.3 is 0 Å². The van der Waals surface area contributed by atoms with E-state index in [1.807, 2.05) is 60.8 Å². The Balaban J connectivity index is 1.72. The van der Waals surface area contributed by atoms with Crippen LogP contribution in [-0.2, 0) is 6.54 Å². The molecule has 0 fully saturated rings. The molecular weight excluding hydrogens is 416 g/mol. The van der Waals surface area contributed by atoms with E-state index in [1.54, 1.807) is 4.57 Å². The van der Waals surface area contributed by atoms with E-state index in [0.29, 0.717) is 10.5 Å². The first-order valence-electron chi connectivity index (χ1n) is 7.64. The maximum atomic E-state index is 10.6. The standard InChI is InChI=1S/C19H13BrN2OS2/c20-14-6-7-16-15(9-14)13(10-21-16)8-17-18(23)22(19(24)25-17)11-12-4-2-1-3-5-12/h1-10,23H,11H2. The molecule has 0 saturated carbocycles. The Hall–Kier alpha value is -2.02. The lowest BCUT2D eigenvalue weighted by atomic mass is 10.1. The van der Waals surface area contributed by atoms with Crippen molar-refractivity contribution in [3.8, 4) is 5.88 Å². The SMILES string of the molecule is Oc1c(C=C2C=Nc3ccc(Br)cc32)sc(=S)n1Cc1ccccc1. The Bertz CT molecular complexity index is 1060. The van der Waals surface area contributed by atoms with Crippen molar-refractivity contribution in [2.24, 2.45) is 4.99 Å². The second kappa shape index (κ2) is 6.71. The highest BCUT2D eigenvalue weighted by molar-refractivity contribution is 9.10. The van der Waals surface area contributed by atoms with E-state index in [-0.39, 0.29) is 5.88 Å². The van der Waals surface area contributed by atoms with Gasteiger partial charge in [-0.3, -0.25) is 9.56 Å². The maximum Gasteiger partial charge on any atom is 0.210 e. The monoisotopic (exact) mass is 428 g/mol. The first-order chi connectivity index (χ1) is 12.1. The smallest absolute Gasteiger partial charge is 0.210 e. The Morgan fingerprint density at radius 1 is 1.20 bits per heavy atom. The average Bonchev–Trinajstić information content (AvgIpc) is 3.12. The first-order valence-corrected chi connectivity index (χ1v) is 9.66. The molecule has 1 aromatic heterocycles. The van der Waals surface area contributed by atoms with Crippen LogP contribution >= 0.6 is 39.5 Å². The minimum absolute atomic E-state index is 0.197. The van der Waals surface area contributed by atoms with E-state index in [9.17, 15) is 5.11 Å². The Morgan fingerprint density at radius 3 is 2.80 bits per heavy atom. The van der Waals surface area contributed by atoms with Gasteiger partial charge in [-0.05, 0) is 42.1 Å². The van der Waals surface area contributed by atoms with Gasteiger partial charge in [-0.1, -0.05) is 46.3 Å². The molecule has 2 aromatic carbocycles. The zero-order chi connectivity index (χ0) is 17.4. The third-order valence-electron chi connectivity index (χ3n) is 3.98. The van der Waals surface area contributed by atoms with Crippen molar-refractivity contribution in [1.82, 2.24) is 4.57 Å². The molecule has 0 aliphatic carbocycles. The van der Waals surface area contributed by atoms with E-state index in [2.05, 4.69) is 20.9 Å². The fourth-order valence-corrected chi connectivity index (χ4v) is 4.35. The summed E-state index contributed by atoms with van der Waals surface area (Å²) in [5.74, 6) is 0.197. The lowest BCUT2D eigenvalue weighted by Gasteiger charge is -2.05. The second-order valence-corrected chi connectivity index (χ2v) is 8.24. The van der Waals surface area contributed by atoms with Gasteiger partial charge in [0.2, 0.25) is 5.88 Å². The molecule has 0 radical (unpaired) electrons. The molecule has 0 saturated heterocycles. The molecule has 3 aromatic rings. The highest BCUT2D eigenvalue weighted by atomic mass is 79.9. The zero-order valence-corrected chi connectivity index (χ0v) is 16.2. The summed E-state index contributed by atoms with van der Waals surface area (Å²) < 4.78 is 3.41. The summed E-state index contributed by atoms with van der Waals surface area (Å²) in [4.78, 5) is 5.17. The van der Waals surface area contributed by atoms with Gasteiger partial charge in [0, 0.05) is 21.8 Å². The van der Waals surface area contributed by atoms with E-state index in [1.165, 1.54) is 11.3 Å². The van der Waals surface area contributed by atoms with Crippen molar-refractivity contribution in [1.29, 1.82) is 0 Å². The number of thiazole rings is 1. The summed E-state index contributed by atoms with van der Waals surface area (Å²) >= 11 is 10.3. The van der Waals surface area contributed by atoms with Crippen LogP contribution < -0.4 is 0 Å². The summed E-state index contributed by atoms with van der Waals surface area (Å²) in [6.07, 6.45) is 3.76. The lowest BCUT2D eigenvalue weighted by molar-refractivity contribution is 0.422. The van der Waals surface area contributed by atoms with E-state index in [4.69, 9.17) is 12.2 Å². The minimum atomic E-state index is 0.197. The van der Waals surface area contributed by atoms with E-state index >= 15 is 0 Å². The van der Waals surface area contributed by atoms with Gasteiger partial charge in [0.25, 0.3) is 0 Å². The molecule has 0 atom stereocenters. The molecule has 2 heterocycles. The predicted molar refractivity (Wildman–Crippen MR) is 111 cm³/mol. The number of fused-ring (bicyclic) bond motifs is 1. The van der Waals surface area contributed by atoms with Gasteiger partial charge in [0.15, 0.2) is 3.95 Å². The Kier molecular flexibility index (Phi) is 4.41. The van der Waals surface area contributed by atoms with Crippen LogP contribution in [0.5, 0.6) is 5.88 Å². The molecule has 1 aliphatic rings. The summed E-state index contributed by atoms with van der Waals surface area (Å²) in [5.41, 5.74) is 4.04. The third kappa shape index (κ3) is 3.25. The molecule has 0 unspecified atom stereocenters. The molecule has 0 bridgehead atoms. The predicted octanol–water partition coefficient (Wildman–Crippen LogP) is 6.05. The average molecular weight is 429 g/mol. The molecule has 4 rings (SSSR count). The van der Waals surface area contributed by atoms with Crippen LogP contribution in [0.4, 0.5) is 5.69 Å². The third-order valence-corrected chi connectivity index (χ3v) is 5.86. The topological polar surface area (TPSA) is 37.5 Å². The molecule has 0 amide bonds. The van der Waals surface area contributed by atoms with Gasteiger partial charge in [0.1, 0.15) is 0 Å². The quantitative estimate of drug-likeness (QED) is 0.515. The molecule has 25 heavy (non-hydrogen) atoms. The molecule has 6 heteroatoms. The van der Waals surface area contributed by atoms with Gasteiger partial charge in [-0.15, -0.1) is 11.3 Å². The van der Waals surface area contributed by atoms with Crippen molar-refractivity contribution in [2.45, 2.75) is 6.54 Å². The lowest BCUT2D eigenvalue weighted by Crippen LogP contribution is -1.98. The van der Waals surface area contributed by atoms with Crippen molar-refractivity contribution < 1.29 is 5.11 Å². The first kappa shape index (κ1) is 16.4. The van der Waals surface area contributed by atoms with Crippen LogP contribution in [0.1, 0.15) is 16.0 Å². The number of hydrogen-bond donors (Lipinski definition) is 1. The van der Waals surface area contributed by atoms with Crippen molar-refractivity contribution >= 4 is 63.0 Å². The highest BCUT2D eigenvalue weighted by Gasteiger charge is 2.16. The number of rotatable bonds is 3. The van der Waals surface area contributed by atoms with Crippen LogP contribution in [0.2, 0.25) is 0 Å². The van der Waals surface area contributed by atoms with E-state index in [0.717, 1.165) is 31.7 Å². The van der Waals surface area contributed by atoms with E-state index < -0.39 is 0 Å². The molecule has 124 valence electrons. The fourth-order valence-electron chi connectivity index (χ4n) is 2.73. The summed E-state index contributed by atoms with van der Waals surface area (Å²) in [6.45, 7) is 0.557. The molecular formula is C19H13BrN2OS2. The van der Waals surface area contributed by atoms with Crippen LogP contribution in [0.3, 0.4) is 0 Å². The summed E-state index contributed by atoms with van der Waals surface area (Å²) in [7, 11) is 0. The van der Waals surface area contributed by atoms with Crippen LogP contribution in [-0.4, -0.2) is 15.9 Å². The number of aromatic hydroxyl groups is 1. The number of nitrogens with zero attached hydrogens (tertiary/aromatic N) is 2. The molecule has 1 N–H and O–H groups in total. The summed E-state index contributed by atoms with van der Waals surface area (Å²) in [6, 6.07) is 16.0. The molecule has 1 aliphatic heterocycles.